The van der Waals surface area contributed by atoms with Crippen molar-refractivity contribution in [2.45, 2.75) is 11.8 Å². The quantitative estimate of drug-likeness (QED) is 0.900. The van der Waals surface area contributed by atoms with Crippen LogP contribution >= 0.6 is 11.6 Å². The van der Waals surface area contributed by atoms with E-state index in [0.717, 1.165) is 13.1 Å². The van der Waals surface area contributed by atoms with E-state index in [9.17, 15) is 8.42 Å². The molecule has 1 fully saturated rings. The minimum atomic E-state index is -3.51. The van der Waals surface area contributed by atoms with E-state index in [1.165, 1.54) is 16.6 Å². The topological polar surface area (TPSA) is 65.5 Å². The molecule has 2 rings (SSSR count). The number of sulfonamides is 1. The number of aromatic nitrogens is 1. The average molecular weight is 319 g/mol. The van der Waals surface area contributed by atoms with E-state index in [4.69, 9.17) is 11.6 Å². The zero-order valence-corrected chi connectivity index (χ0v) is 13.2. The third kappa shape index (κ3) is 3.22. The Morgan fingerprint density at radius 1 is 1.35 bits per heavy atom. The average Bonchev–Trinajstić information content (AvgIpc) is 2.41. The van der Waals surface area contributed by atoms with Gasteiger partial charge in [0.25, 0.3) is 0 Å². The van der Waals surface area contributed by atoms with E-state index in [1.54, 1.807) is 0 Å². The van der Waals surface area contributed by atoms with Crippen LogP contribution < -0.4 is 5.32 Å². The standard InChI is InChI=1S/C12H19ClN4O2S/c1-3-14-12-11(13)8-10(9-15-12)20(18,19)17-6-4-16(2)5-7-17/h8-9H,3-7H2,1-2H3,(H,14,15). The van der Waals surface area contributed by atoms with Crippen molar-refractivity contribution in [3.8, 4) is 0 Å². The molecule has 20 heavy (non-hydrogen) atoms. The molecular weight excluding hydrogens is 300 g/mol. The van der Waals surface area contributed by atoms with Crippen molar-refractivity contribution in [3.63, 3.8) is 0 Å². The number of piperazine rings is 1. The highest BCUT2D eigenvalue weighted by atomic mass is 35.5. The molecule has 1 aromatic rings. The summed E-state index contributed by atoms with van der Waals surface area (Å²) < 4.78 is 26.5. The number of nitrogens with zero attached hydrogens (tertiary/aromatic N) is 3. The van der Waals surface area contributed by atoms with Gasteiger partial charge in [-0.2, -0.15) is 4.31 Å². The molecule has 1 N–H and O–H groups in total. The summed E-state index contributed by atoms with van der Waals surface area (Å²) in [6.45, 7) is 5.05. The predicted molar refractivity (Wildman–Crippen MR) is 79.7 cm³/mol. The summed E-state index contributed by atoms with van der Waals surface area (Å²) in [5.41, 5.74) is 0. The largest absolute Gasteiger partial charge is 0.369 e. The monoisotopic (exact) mass is 318 g/mol. The third-order valence-electron chi connectivity index (χ3n) is 3.26. The molecule has 1 aliphatic rings. The Kier molecular flexibility index (Phi) is 4.85. The number of likely N-dealkylation sites (N-methyl/N-ethyl adjacent to an activating group) is 1. The fourth-order valence-electron chi connectivity index (χ4n) is 2.04. The summed E-state index contributed by atoms with van der Waals surface area (Å²) in [7, 11) is -1.53. The Hall–Kier alpha value is -0.890. The molecule has 2 heterocycles. The molecule has 1 saturated heterocycles. The number of rotatable bonds is 4. The normalized spacial score (nSPS) is 18.1. The van der Waals surface area contributed by atoms with Crippen LogP contribution in [-0.2, 0) is 10.0 Å². The van der Waals surface area contributed by atoms with Crippen molar-refractivity contribution < 1.29 is 8.42 Å². The third-order valence-corrected chi connectivity index (χ3v) is 5.41. The Bertz CT molecular complexity index is 571. The van der Waals surface area contributed by atoms with Crippen molar-refractivity contribution in [1.29, 1.82) is 0 Å². The molecule has 0 bridgehead atoms. The molecule has 6 nitrogen and oxygen atoms in total. The van der Waals surface area contributed by atoms with E-state index >= 15 is 0 Å². The molecule has 8 heteroatoms. The number of hydrogen-bond acceptors (Lipinski definition) is 5. The molecule has 0 aromatic carbocycles. The van der Waals surface area contributed by atoms with Gasteiger partial charge in [-0.05, 0) is 20.0 Å². The van der Waals surface area contributed by atoms with E-state index in [2.05, 4.69) is 15.2 Å². The minimum absolute atomic E-state index is 0.147. The van der Waals surface area contributed by atoms with Gasteiger partial charge < -0.3 is 10.2 Å². The first-order valence-corrected chi connectivity index (χ1v) is 8.35. The predicted octanol–water partition coefficient (Wildman–Crippen LogP) is 1.10. The molecule has 0 aliphatic carbocycles. The van der Waals surface area contributed by atoms with Crippen LogP contribution in [0, 0.1) is 0 Å². The summed E-state index contributed by atoms with van der Waals surface area (Å²) in [5.74, 6) is 0.506. The van der Waals surface area contributed by atoms with Gasteiger partial charge in [0.05, 0.1) is 5.02 Å². The van der Waals surface area contributed by atoms with Crippen molar-refractivity contribution >= 4 is 27.4 Å². The van der Waals surface area contributed by atoms with Crippen molar-refractivity contribution in [2.24, 2.45) is 0 Å². The van der Waals surface area contributed by atoms with Crippen molar-refractivity contribution in [2.75, 3.05) is 45.1 Å². The van der Waals surface area contributed by atoms with Gasteiger partial charge in [0, 0.05) is 38.9 Å². The molecule has 1 aliphatic heterocycles. The SMILES string of the molecule is CCNc1ncc(S(=O)(=O)N2CCN(C)CC2)cc1Cl. The van der Waals surface area contributed by atoms with Gasteiger partial charge in [-0.25, -0.2) is 13.4 Å². The fourth-order valence-corrected chi connectivity index (χ4v) is 3.73. The van der Waals surface area contributed by atoms with Gasteiger partial charge in [0.1, 0.15) is 10.7 Å². The number of halogens is 1. The zero-order chi connectivity index (χ0) is 14.8. The fraction of sp³-hybridized carbons (Fsp3) is 0.583. The first kappa shape index (κ1) is 15.5. The summed E-state index contributed by atoms with van der Waals surface area (Å²) in [6.07, 6.45) is 1.36. The van der Waals surface area contributed by atoms with Crippen molar-refractivity contribution in [3.05, 3.63) is 17.3 Å². The molecule has 0 saturated carbocycles. The summed E-state index contributed by atoms with van der Waals surface area (Å²) in [5, 5.41) is 3.30. The van der Waals surface area contributed by atoms with Gasteiger partial charge in [0.2, 0.25) is 10.0 Å². The first-order chi connectivity index (χ1) is 9.45. The zero-order valence-electron chi connectivity index (χ0n) is 11.6. The second-order valence-electron chi connectivity index (χ2n) is 4.74. The summed E-state index contributed by atoms with van der Waals surface area (Å²) in [4.78, 5) is 6.33. The van der Waals surface area contributed by atoms with Gasteiger partial charge in [-0.3, -0.25) is 0 Å². The van der Waals surface area contributed by atoms with Gasteiger partial charge in [-0.1, -0.05) is 11.6 Å². The van der Waals surface area contributed by atoms with Gasteiger partial charge in [0.15, 0.2) is 0 Å². The highest BCUT2D eigenvalue weighted by Gasteiger charge is 2.28. The van der Waals surface area contributed by atoms with E-state index < -0.39 is 10.0 Å². The summed E-state index contributed by atoms with van der Waals surface area (Å²) >= 11 is 6.06. The number of hydrogen-bond donors (Lipinski definition) is 1. The minimum Gasteiger partial charge on any atom is -0.369 e. The lowest BCUT2D eigenvalue weighted by atomic mass is 10.4. The Balaban J connectivity index is 2.23. The molecule has 0 radical (unpaired) electrons. The molecule has 0 unspecified atom stereocenters. The molecule has 0 atom stereocenters. The van der Waals surface area contributed by atoms with Crippen molar-refractivity contribution in [1.82, 2.24) is 14.2 Å². The van der Waals surface area contributed by atoms with Gasteiger partial charge in [-0.15, -0.1) is 0 Å². The van der Waals surface area contributed by atoms with Crippen LogP contribution in [0.5, 0.6) is 0 Å². The lowest BCUT2D eigenvalue weighted by molar-refractivity contribution is 0.222. The molecule has 1 aromatic heterocycles. The molecular formula is C12H19ClN4O2S. The number of pyridine rings is 1. The molecule has 112 valence electrons. The summed E-state index contributed by atoms with van der Waals surface area (Å²) in [6, 6.07) is 1.46. The first-order valence-electron chi connectivity index (χ1n) is 6.53. The Labute approximate surface area is 124 Å². The van der Waals surface area contributed by atoms with E-state index in [0.29, 0.717) is 30.5 Å². The maximum atomic E-state index is 12.5. The molecule has 0 spiro atoms. The van der Waals surface area contributed by atoms with Crippen LogP contribution in [0.1, 0.15) is 6.92 Å². The second kappa shape index (κ2) is 6.26. The van der Waals surface area contributed by atoms with Crippen LogP contribution in [0.2, 0.25) is 5.02 Å². The highest BCUT2D eigenvalue weighted by Crippen LogP contribution is 2.24. The molecule has 0 amide bonds. The van der Waals surface area contributed by atoms with Gasteiger partial charge >= 0.3 is 0 Å². The maximum absolute atomic E-state index is 12.5. The Morgan fingerprint density at radius 2 is 2.00 bits per heavy atom. The lowest BCUT2D eigenvalue weighted by Crippen LogP contribution is -2.47. The van der Waals surface area contributed by atoms with E-state index in [1.807, 2.05) is 14.0 Å². The second-order valence-corrected chi connectivity index (χ2v) is 7.08. The van der Waals surface area contributed by atoms with Crippen LogP contribution in [-0.4, -0.2) is 62.4 Å². The van der Waals surface area contributed by atoms with E-state index in [-0.39, 0.29) is 4.90 Å². The number of nitrogens with one attached hydrogen (secondary N) is 1. The van der Waals surface area contributed by atoms with Crippen LogP contribution in [0.3, 0.4) is 0 Å². The lowest BCUT2D eigenvalue weighted by Gasteiger charge is -2.31. The maximum Gasteiger partial charge on any atom is 0.244 e. The van der Waals surface area contributed by atoms with Crippen LogP contribution in [0.15, 0.2) is 17.2 Å². The Morgan fingerprint density at radius 3 is 2.55 bits per heavy atom. The number of anilines is 1. The smallest absolute Gasteiger partial charge is 0.244 e. The highest BCUT2D eigenvalue weighted by molar-refractivity contribution is 7.89. The van der Waals surface area contributed by atoms with Crippen LogP contribution in [0.4, 0.5) is 5.82 Å². The van der Waals surface area contributed by atoms with Crippen LogP contribution in [0.25, 0.3) is 0 Å².